The van der Waals surface area contributed by atoms with E-state index in [-0.39, 0.29) is 59.7 Å². The lowest BCUT2D eigenvalue weighted by Gasteiger charge is -2.59. The minimum absolute atomic E-state index is 0.0287. The maximum absolute atomic E-state index is 12.2. The van der Waals surface area contributed by atoms with Crippen molar-refractivity contribution in [2.24, 2.45) is 76.9 Å². The Labute approximate surface area is 876 Å². The number of ether oxygens (including phenoxy) is 2. The fraction of sp³-hybridized carbons (Fsp3) is 0.491. The molecule has 7 aliphatic heterocycles. The van der Waals surface area contributed by atoms with Gasteiger partial charge in [0, 0.05) is 144 Å². The number of fused-ring (bicyclic) bond motifs is 18. The van der Waals surface area contributed by atoms with Crippen molar-refractivity contribution in [3.8, 4) is 40.6 Å². The summed E-state index contributed by atoms with van der Waals surface area (Å²) in [6.07, 6.45) is 62.0. The molecule has 18 aliphatic carbocycles. The third-order valence-corrected chi connectivity index (χ3v) is 37.4. The Hall–Kier alpha value is -11.5. The average Bonchev–Trinajstić information content (AvgIpc) is 0.919. The normalized spacial score (nSPS) is 29.8. The van der Waals surface area contributed by atoms with Crippen molar-refractivity contribution < 1.29 is 95.8 Å². The molecule has 0 aromatic carbocycles. The molecule has 38 heteroatoms. The smallest absolute Gasteiger partial charge is 0.531 e. The van der Waals surface area contributed by atoms with Crippen LogP contribution in [0.25, 0.3) is 69.9 Å². The standard InChI is InChI=1S/2C20H22BNO3.C19H19BN4O3.C18H23BN2O4S.C18H21BN2O4.C17H20BNO3/c2*23-20-6-11-4-12(7-20)18(13(5-11)8-20)15-9-21(24)25-17-10-22-16-3-1-2-14(16)19(15)17;21-7-11-9-24(10-11)19(25)23-13-4-12(5-13)15-6-20(26)27-17-8-22-16-3-1-2-14(16)18(15)17;1-3-7-26(23,24)21-13-8-12(9-13)17-11(2)19(22)25-16-10-20-15-6-4-5-14(15)18(16)17;1-2-6-24-18(22)21-12-7-11(8-12)14-9-19(23)25-16-10-20-15-5-3-4-13(15)17(14)16;1-21-12-7-5-11(6-8-12)14-9-18(20)22-16-10-19-15-4-2-3-13(15)17(14)16/h2*1-2,9-13,18,23-24H,3-8H2;1-2,6,8,11-13,26H,3-5,9-10H2,(H,23,25);4-5,10,12-13,21-22H,3,6-9H2,1-2H3;3-4,9-12,23H,2,5-8H2,1H3,(H,21,22);2-3,9-12,20H,4-8H2,1H3/t2*11?,12-,13+,18?,20?;;;;. The van der Waals surface area contributed by atoms with Crippen molar-refractivity contribution in [3.63, 3.8) is 0 Å². The van der Waals surface area contributed by atoms with Crippen LogP contribution in [0.3, 0.4) is 0 Å². The number of sulfonamides is 1. The number of nitrogens with zero attached hydrogens (tertiary/aromatic N) is 8. The highest BCUT2D eigenvalue weighted by molar-refractivity contribution is 7.89. The highest BCUT2D eigenvalue weighted by Crippen LogP contribution is 2.65. The molecule has 8 bridgehead atoms. The minimum atomic E-state index is -3.20. The molecule has 0 radical (unpaired) electrons. The Morgan fingerprint density at radius 2 is 0.787 bits per heavy atom. The van der Waals surface area contributed by atoms with Gasteiger partial charge >= 0.3 is 54.8 Å². The molecular weight excluding hydrogens is 1920 g/mol. The first-order valence-electron chi connectivity index (χ1n) is 54.5. The fourth-order valence-electron chi connectivity index (χ4n) is 29.5. The topological polar surface area (TPSA) is 444 Å². The minimum Gasteiger partial charge on any atom is -0.531 e. The second-order valence-corrected chi connectivity index (χ2v) is 47.5. The number of methoxy groups -OCH3 is 1. The largest absolute Gasteiger partial charge is 0.555 e. The number of aliphatic hydroxyl groups is 2. The molecule has 6 aromatic rings. The molecule has 6 aromatic heterocycles. The third kappa shape index (κ3) is 19.4. The Balaban J connectivity index is 0.0000000959. The molecule has 6 unspecified atom stereocenters. The number of pyridine rings is 6. The van der Waals surface area contributed by atoms with E-state index in [4.69, 9.17) is 42.7 Å². The zero-order valence-corrected chi connectivity index (χ0v) is 86.0. The van der Waals surface area contributed by atoms with E-state index in [2.05, 4.69) is 124 Å². The van der Waals surface area contributed by atoms with E-state index in [1.54, 1.807) is 61.1 Å². The average molecular weight is 2040 g/mol. The highest BCUT2D eigenvalue weighted by Gasteiger charge is 2.59. The summed E-state index contributed by atoms with van der Waals surface area (Å²) in [6.45, 7) is 7.20. The molecule has 0 spiro atoms. The van der Waals surface area contributed by atoms with Crippen LogP contribution in [-0.4, -0.2) is 206 Å². The molecule has 10 atom stereocenters. The Morgan fingerprint density at radius 1 is 0.447 bits per heavy atom. The number of nitrogens with one attached hydrogen (secondary N) is 3. The third-order valence-electron chi connectivity index (χ3n) is 35.8. The van der Waals surface area contributed by atoms with Crippen molar-refractivity contribution >= 4 is 135 Å². The van der Waals surface area contributed by atoms with E-state index in [1.807, 2.05) is 38.7 Å². The zero-order chi connectivity index (χ0) is 103. The summed E-state index contributed by atoms with van der Waals surface area (Å²) in [5, 5.41) is 97.6. The van der Waals surface area contributed by atoms with Gasteiger partial charge in [0.05, 0.1) is 113 Å². The number of urea groups is 1. The molecular formula is C112H127B6N11O20S. The molecule has 25 aliphatic rings. The molecule has 31 rings (SSSR count). The summed E-state index contributed by atoms with van der Waals surface area (Å²) in [4.78, 5) is 52.4. The van der Waals surface area contributed by atoms with Gasteiger partial charge in [-0.25, -0.2) is 22.7 Å². The SMILES string of the molecule is CCCOC(=O)NC1CC(C2=CB(O)Oc3cnc4c(c32)C=CC4)C1.CCCS(=O)(=O)NC1CC(C2=C(C)B(O)Oc3cnc4c(c32)C=CC4)C1.COC1CCC(C2=CB(O)Oc3cnc4c(c32)C=CC4)CC1.N#CC1CN(C(=O)NC2CC(C3=CB(O)Oc4cnc5c(c43)C=CC5)C2)C1.OB1C=C(C2[C@@H]3CC4C[C@H]2CC(O)(C4)C3)c2c(cnc3c2C=CC3)O1.OB1C=C(C2[C@@H]3CC4C[C@H]2CC(O)(C4)C3)c2c(cnc3c2C=CC3)O1. The maximum Gasteiger partial charge on any atom is 0.555 e. The van der Waals surface area contributed by atoms with Gasteiger partial charge in [-0.3, -0.25) is 29.9 Å². The molecule has 31 nitrogen and oxygen atoms in total. The van der Waals surface area contributed by atoms with Crippen molar-refractivity contribution in [1.82, 2.24) is 50.2 Å². The quantitative estimate of drug-likeness (QED) is 0.0425. The van der Waals surface area contributed by atoms with Crippen molar-refractivity contribution in [1.29, 1.82) is 5.26 Å². The number of carbonyl (C=O) groups excluding carboxylic acids is 2. The van der Waals surface area contributed by atoms with Crippen molar-refractivity contribution in [3.05, 3.63) is 210 Å². The predicted molar refractivity (Wildman–Crippen MR) is 573 cm³/mol. The van der Waals surface area contributed by atoms with Gasteiger partial charge in [0.15, 0.2) is 0 Å². The number of allylic oxidation sites excluding steroid dienone is 13. The summed E-state index contributed by atoms with van der Waals surface area (Å²) < 4.78 is 71.0. The molecule has 150 heavy (non-hydrogen) atoms. The molecule has 12 saturated carbocycles. The summed E-state index contributed by atoms with van der Waals surface area (Å²) in [5.74, 6) is 19.0. The lowest BCUT2D eigenvalue weighted by molar-refractivity contribution is -0.140. The van der Waals surface area contributed by atoms with Crippen molar-refractivity contribution in [2.45, 2.75) is 236 Å². The van der Waals surface area contributed by atoms with Crippen molar-refractivity contribution in [2.75, 3.05) is 32.6 Å². The van der Waals surface area contributed by atoms with Gasteiger partial charge in [0.2, 0.25) is 10.0 Å². The van der Waals surface area contributed by atoms with E-state index in [0.29, 0.717) is 120 Å². The number of alkyl carbamates (subject to hydrolysis) is 1. The number of amides is 3. The first-order valence-corrected chi connectivity index (χ1v) is 56.1. The molecule has 774 valence electrons. The number of likely N-dealkylation sites (tertiary alicyclic amines) is 1. The van der Waals surface area contributed by atoms with Gasteiger partial charge < -0.3 is 93.3 Å². The van der Waals surface area contributed by atoms with Crippen LogP contribution in [0.4, 0.5) is 9.59 Å². The summed E-state index contributed by atoms with van der Waals surface area (Å²) in [5.41, 5.74) is 26.7. The van der Waals surface area contributed by atoms with Crippen LogP contribution in [0.1, 0.15) is 263 Å². The Kier molecular flexibility index (Phi) is 27.4. The second-order valence-electron chi connectivity index (χ2n) is 45.6. The summed E-state index contributed by atoms with van der Waals surface area (Å²) in [6, 6.07) is 2.29. The van der Waals surface area contributed by atoms with Crippen LogP contribution in [0.15, 0.2) is 109 Å². The van der Waals surface area contributed by atoms with E-state index in [0.717, 1.165) is 254 Å². The van der Waals surface area contributed by atoms with E-state index < -0.39 is 63.9 Å². The van der Waals surface area contributed by atoms with Crippen LogP contribution in [0.5, 0.6) is 34.5 Å². The summed E-state index contributed by atoms with van der Waals surface area (Å²) in [7, 11) is -6.95. The Morgan fingerprint density at radius 3 is 1.14 bits per heavy atom. The Bertz CT molecular complexity index is 6820. The lowest BCUT2D eigenvalue weighted by atomic mass is 9.48. The molecule has 3 amide bonds. The monoisotopic (exact) mass is 2040 g/mol. The van der Waals surface area contributed by atoms with E-state index >= 15 is 0 Å². The maximum atomic E-state index is 12.2. The molecule has 1 saturated heterocycles. The fourth-order valence-corrected chi connectivity index (χ4v) is 30.9. The second kappa shape index (κ2) is 40.9. The van der Waals surface area contributed by atoms with Gasteiger partial charge in [-0.15, -0.1) is 0 Å². The van der Waals surface area contributed by atoms with Gasteiger partial charge in [0.25, 0.3) is 0 Å². The van der Waals surface area contributed by atoms with Crippen LogP contribution in [-0.2, 0) is 58.0 Å². The first-order chi connectivity index (χ1) is 72.6. The molecule has 13 heterocycles. The van der Waals surface area contributed by atoms with E-state index in [1.165, 1.54) is 59.1 Å². The first kappa shape index (κ1) is 100. The lowest BCUT2D eigenvalue weighted by Crippen LogP contribution is -2.57. The van der Waals surface area contributed by atoms with Crippen LogP contribution < -0.4 is 43.3 Å². The number of hydrogen-bond acceptors (Lipinski definition) is 27. The predicted octanol–water partition coefficient (Wildman–Crippen LogP) is 13.6. The highest BCUT2D eigenvalue weighted by atomic mass is 32.2. The van der Waals surface area contributed by atoms with Gasteiger partial charge in [-0.1, -0.05) is 86.8 Å². The number of hydrogen-bond donors (Lipinski definition) is 11. The zero-order valence-electron chi connectivity index (χ0n) is 85.1. The molecule has 11 N–H and O–H groups in total. The number of rotatable bonds is 15. The van der Waals surface area contributed by atoms with Crippen LogP contribution >= 0.6 is 0 Å². The van der Waals surface area contributed by atoms with Crippen LogP contribution in [0.2, 0.25) is 0 Å². The van der Waals surface area contributed by atoms with E-state index in [9.17, 15) is 58.4 Å². The molecule has 13 fully saturated rings. The van der Waals surface area contributed by atoms with Gasteiger partial charge in [0.1, 0.15) is 34.5 Å². The number of aromatic nitrogens is 6. The van der Waals surface area contributed by atoms with Crippen LogP contribution in [0, 0.1) is 88.3 Å². The number of nitriles is 1. The number of carbonyl (C=O) groups is 2. The van der Waals surface area contributed by atoms with Gasteiger partial charge in [-0.2, -0.15) is 5.26 Å². The summed E-state index contributed by atoms with van der Waals surface area (Å²) >= 11 is 0. The van der Waals surface area contributed by atoms with Gasteiger partial charge in [-0.05, 0) is 288 Å².